The summed E-state index contributed by atoms with van der Waals surface area (Å²) in [7, 11) is 0. The van der Waals surface area contributed by atoms with Crippen molar-refractivity contribution in [2.24, 2.45) is 17.4 Å². The molecule has 13 heteroatoms. The molecule has 3 atom stereocenters. The number of nitrogens with two attached hydrogens (primary N) is 2. The number of H-pyrrole nitrogens is 1. The van der Waals surface area contributed by atoms with Gasteiger partial charge >= 0.3 is 5.97 Å². The van der Waals surface area contributed by atoms with Gasteiger partial charge in [0.2, 0.25) is 23.6 Å². The molecule has 1 aromatic heterocycles. The monoisotopic (exact) mass is 425 g/mol. The Balaban J connectivity index is 2.94. The number of carbonyl (C=O) groups excluding carboxylic acids is 4. The Kier molecular flexibility index (Phi) is 9.42. The second-order valence-electron chi connectivity index (χ2n) is 6.91. The molecule has 9 N–H and O–H groups in total. The van der Waals surface area contributed by atoms with E-state index >= 15 is 0 Å². The van der Waals surface area contributed by atoms with Gasteiger partial charge < -0.3 is 37.5 Å². The Hall–Kier alpha value is -3.48. The lowest BCUT2D eigenvalue weighted by Crippen LogP contribution is -2.58. The molecular formula is C17H27N7O6. The molecule has 0 spiro atoms. The van der Waals surface area contributed by atoms with Crippen LogP contribution in [0.25, 0.3) is 0 Å². The quantitative estimate of drug-likeness (QED) is 0.182. The van der Waals surface area contributed by atoms with Gasteiger partial charge in [0.25, 0.3) is 0 Å². The lowest BCUT2D eigenvalue weighted by Gasteiger charge is -2.26. The van der Waals surface area contributed by atoms with Crippen LogP contribution in [0.5, 0.6) is 0 Å². The number of aromatic nitrogens is 2. The molecule has 0 saturated heterocycles. The molecule has 0 aliphatic carbocycles. The molecule has 0 radical (unpaired) electrons. The second-order valence-corrected chi connectivity index (χ2v) is 6.91. The summed E-state index contributed by atoms with van der Waals surface area (Å²) >= 11 is 0. The van der Waals surface area contributed by atoms with Gasteiger partial charge in [0.05, 0.1) is 19.3 Å². The van der Waals surface area contributed by atoms with Crippen molar-refractivity contribution in [3.8, 4) is 0 Å². The topological polar surface area (TPSA) is 222 Å². The molecule has 0 aliphatic rings. The van der Waals surface area contributed by atoms with Crippen LogP contribution in [0.2, 0.25) is 0 Å². The van der Waals surface area contributed by atoms with Crippen LogP contribution in [0.15, 0.2) is 12.5 Å². The molecular weight excluding hydrogens is 398 g/mol. The zero-order chi connectivity index (χ0) is 22.8. The normalized spacial score (nSPS) is 13.7. The number of amides is 4. The number of carboxylic acid groups (broad SMARTS) is 1. The van der Waals surface area contributed by atoms with E-state index in [1.807, 2.05) is 0 Å². The Morgan fingerprint density at radius 2 is 1.77 bits per heavy atom. The first kappa shape index (κ1) is 24.6. The second kappa shape index (κ2) is 11.5. The Morgan fingerprint density at radius 3 is 2.23 bits per heavy atom. The van der Waals surface area contributed by atoms with Gasteiger partial charge in [0, 0.05) is 18.3 Å². The number of carbonyl (C=O) groups is 5. The largest absolute Gasteiger partial charge is 0.480 e. The van der Waals surface area contributed by atoms with Gasteiger partial charge in [-0.2, -0.15) is 0 Å². The minimum Gasteiger partial charge on any atom is -0.480 e. The predicted octanol–water partition coefficient (Wildman–Crippen LogP) is -3.02. The van der Waals surface area contributed by atoms with Crippen LogP contribution in [0.4, 0.5) is 0 Å². The molecule has 1 heterocycles. The molecule has 0 aliphatic heterocycles. The zero-order valence-electron chi connectivity index (χ0n) is 16.7. The third kappa shape index (κ3) is 7.87. The number of nitrogens with zero attached hydrogens (tertiary/aromatic N) is 1. The van der Waals surface area contributed by atoms with E-state index in [4.69, 9.17) is 16.6 Å². The Morgan fingerprint density at radius 1 is 1.10 bits per heavy atom. The third-order valence-corrected chi connectivity index (χ3v) is 4.08. The molecule has 4 amide bonds. The molecule has 1 aromatic rings. The standard InChI is InChI=1S/C17H27N7O6/c1-8(2)14(16(28)23-11(17(29)30)4-12(19)25)24-15(27)10(22-13(26)5-18)3-9-6-20-7-21-9/h6-8,10-11,14H,3-5,18H2,1-2H3,(H2,19,25)(H,20,21)(H,22,26)(H,23,28)(H,24,27)(H,29,30). The van der Waals surface area contributed by atoms with E-state index in [1.165, 1.54) is 12.5 Å². The lowest BCUT2D eigenvalue weighted by atomic mass is 10.0. The van der Waals surface area contributed by atoms with E-state index in [2.05, 4.69) is 25.9 Å². The summed E-state index contributed by atoms with van der Waals surface area (Å²) in [6.45, 7) is 2.93. The van der Waals surface area contributed by atoms with Crippen LogP contribution in [0.1, 0.15) is 26.0 Å². The van der Waals surface area contributed by atoms with Crippen LogP contribution >= 0.6 is 0 Å². The average molecular weight is 425 g/mol. The fourth-order valence-electron chi connectivity index (χ4n) is 2.53. The number of hydrogen-bond donors (Lipinski definition) is 7. The SMILES string of the molecule is CC(C)C(NC(=O)C(Cc1cnc[nH]1)NC(=O)CN)C(=O)NC(CC(N)=O)C(=O)O. The maximum absolute atomic E-state index is 12.8. The molecule has 0 aromatic carbocycles. The molecule has 0 saturated carbocycles. The fourth-order valence-corrected chi connectivity index (χ4v) is 2.53. The highest BCUT2D eigenvalue weighted by Gasteiger charge is 2.32. The maximum Gasteiger partial charge on any atom is 0.326 e. The molecule has 0 bridgehead atoms. The Labute approximate surface area is 172 Å². The van der Waals surface area contributed by atoms with Gasteiger partial charge in [-0.25, -0.2) is 9.78 Å². The highest BCUT2D eigenvalue weighted by atomic mass is 16.4. The van der Waals surface area contributed by atoms with Crippen LogP contribution in [-0.2, 0) is 30.4 Å². The summed E-state index contributed by atoms with van der Waals surface area (Å²) in [5.74, 6) is -4.85. The number of imidazole rings is 1. The molecule has 3 unspecified atom stereocenters. The average Bonchev–Trinajstić information content (AvgIpc) is 3.16. The van der Waals surface area contributed by atoms with Crippen molar-refractivity contribution in [2.45, 2.75) is 44.8 Å². The van der Waals surface area contributed by atoms with Gasteiger partial charge in [0.15, 0.2) is 0 Å². The maximum atomic E-state index is 12.8. The minimum absolute atomic E-state index is 0.0590. The number of aliphatic carboxylic acids is 1. The first-order chi connectivity index (χ1) is 14.0. The summed E-state index contributed by atoms with van der Waals surface area (Å²) in [6, 6.07) is -3.73. The Bertz CT molecular complexity index is 765. The van der Waals surface area contributed by atoms with Gasteiger partial charge in [-0.1, -0.05) is 13.8 Å². The van der Waals surface area contributed by atoms with Crippen molar-refractivity contribution < 1.29 is 29.1 Å². The molecule has 166 valence electrons. The first-order valence-corrected chi connectivity index (χ1v) is 9.13. The summed E-state index contributed by atoms with van der Waals surface area (Å²) in [4.78, 5) is 66.0. The summed E-state index contributed by atoms with van der Waals surface area (Å²) in [5, 5.41) is 16.3. The van der Waals surface area contributed by atoms with E-state index < -0.39 is 60.1 Å². The summed E-state index contributed by atoms with van der Waals surface area (Å²) in [5.41, 5.74) is 10.9. The van der Waals surface area contributed by atoms with E-state index in [0.717, 1.165) is 0 Å². The van der Waals surface area contributed by atoms with Crippen LogP contribution < -0.4 is 27.4 Å². The highest BCUT2D eigenvalue weighted by molar-refractivity contribution is 5.94. The number of hydrogen-bond acceptors (Lipinski definition) is 7. The highest BCUT2D eigenvalue weighted by Crippen LogP contribution is 2.06. The van der Waals surface area contributed by atoms with E-state index in [9.17, 15) is 24.0 Å². The van der Waals surface area contributed by atoms with Crippen LogP contribution in [0, 0.1) is 5.92 Å². The van der Waals surface area contributed by atoms with E-state index in [-0.39, 0.29) is 13.0 Å². The van der Waals surface area contributed by atoms with Crippen LogP contribution in [0.3, 0.4) is 0 Å². The predicted molar refractivity (Wildman–Crippen MR) is 103 cm³/mol. The number of nitrogens with one attached hydrogen (secondary N) is 4. The van der Waals surface area contributed by atoms with Gasteiger partial charge in [-0.3, -0.25) is 19.2 Å². The zero-order valence-corrected chi connectivity index (χ0v) is 16.7. The number of carboxylic acids is 1. The van der Waals surface area contributed by atoms with Crippen molar-refractivity contribution in [1.82, 2.24) is 25.9 Å². The molecule has 1 rings (SSSR count). The minimum atomic E-state index is -1.54. The number of rotatable bonds is 12. The van der Waals surface area contributed by atoms with Crippen molar-refractivity contribution in [2.75, 3.05) is 6.54 Å². The smallest absolute Gasteiger partial charge is 0.326 e. The lowest BCUT2D eigenvalue weighted by molar-refractivity contribution is -0.144. The molecule has 0 fully saturated rings. The fraction of sp³-hybridized carbons (Fsp3) is 0.529. The first-order valence-electron chi connectivity index (χ1n) is 9.13. The van der Waals surface area contributed by atoms with E-state index in [1.54, 1.807) is 13.8 Å². The molecule has 13 nitrogen and oxygen atoms in total. The number of primary amides is 1. The van der Waals surface area contributed by atoms with Crippen molar-refractivity contribution in [3.63, 3.8) is 0 Å². The van der Waals surface area contributed by atoms with Gasteiger partial charge in [-0.15, -0.1) is 0 Å². The van der Waals surface area contributed by atoms with Gasteiger partial charge in [0.1, 0.15) is 18.1 Å². The summed E-state index contributed by atoms with van der Waals surface area (Å²) in [6.07, 6.45) is 2.34. The van der Waals surface area contributed by atoms with Gasteiger partial charge in [-0.05, 0) is 5.92 Å². The van der Waals surface area contributed by atoms with Crippen LogP contribution in [-0.4, -0.2) is 69.3 Å². The van der Waals surface area contributed by atoms with Crippen molar-refractivity contribution in [1.29, 1.82) is 0 Å². The third-order valence-electron chi connectivity index (χ3n) is 4.08. The van der Waals surface area contributed by atoms with E-state index in [0.29, 0.717) is 5.69 Å². The number of aromatic amines is 1. The molecule has 30 heavy (non-hydrogen) atoms. The summed E-state index contributed by atoms with van der Waals surface area (Å²) < 4.78 is 0. The van der Waals surface area contributed by atoms with Crippen molar-refractivity contribution in [3.05, 3.63) is 18.2 Å². The van der Waals surface area contributed by atoms with Crippen molar-refractivity contribution >= 4 is 29.6 Å².